The maximum Gasteiger partial charge on any atom is 0.0912 e. The molecule has 0 bridgehead atoms. The first-order valence-electron chi connectivity index (χ1n) is 5.44. The highest BCUT2D eigenvalue weighted by Gasteiger charge is 2.02. The van der Waals surface area contributed by atoms with Gasteiger partial charge in [-0.05, 0) is 29.5 Å². The molecule has 0 aromatic heterocycles. The van der Waals surface area contributed by atoms with Crippen molar-refractivity contribution in [2.75, 3.05) is 0 Å². The van der Waals surface area contributed by atoms with E-state index in [1.807, 2.05) is 12.1 Å². The Morgan fingerprint density at radius 3 is 2.53 bits per heavy atom. The molecule has 0 aliphatic heterocycles. The largest absolute Gasteiger partial charge is 0.193 e. The highest BCUT2D eigenvalue weighted by molar-refractivity contribution is 5.52. The van der Waals surface area contributed by atoms with Crippen molar-refractivity contribution in [2.24, 2.45) is 0 Å². The Morgan fingerprint density at radius 2 is 2.00 bits per heavy atom. The van der Waals surface area contributed by atoms with Crippen molar-refractivity contribution in [3.63, 3.8) is 0 Å². The summed E-state index contributed by atoms with van der Waals surface area (Å²) in [6.45, 7) is 4.46. The van der Waals surface area contributed by atoms with E-state index in [4.69, 9.17) is 5.26 Å². The molecule has 0 heterocycles. The van der Waals surface area contributed by atoms with Gasteiger partial charge in [0.2, 0.25) is 0 Å². The molecular formula is C14H17N. The van der Waals surface area contributed by atoms with E-state index in [1.54, 1.807) is 0 Å². The van der Waals surface area contributed by atoms with Gasteiger partial charge in [-0.2, -0.15) is 5.26 Å². The molecular weight excluding hydrogens is 182 g/mol. The highest BCUT2D eigenvalue weighted by atomic mass is 14.2. The maximum atomic E-state index is 8.40. The summed E-state index contributed by atoms with van der Waals surface area (Å²) in [5, 5.41) is 8.40. The number of benzene rings is 1. The Labute approximate surface area is 92.1 Å². The minimum absolute atomic E-state index is 0.629. The van der Waals surface area contributed by atoms with Gasteiger partial charge in [0.05, 0.1) is 6.07 Å². The zero-order valence-electron chi connectivity index (χ0n) is 9.40. The molecule has 1 aromatic rings. The van der Waals surface area contributed by atoms with Crippen LogP contribution in [-0.4, -0.2) is 0 Å². The van der Waals surface area contributed by atoms with Crippen molar-refractivity contribution in [3.05, 3.63) is 41.5 Å². The highest BCUT2D eigenvalue weighted by Crippen LogP contribution is 2.20. The van der Waals surface area contributed by atoms with E-state index in [9.17, 15) is 0 Å². The molecule has 0 saturated carbocycles. The molecule has 0 aliphatic carbocycles. The molecule has 0 aliphatic rings. The molecule has 78 valence electrons. The Kier molecular flexibility index (Phi) is 4.63. The molecule has 0 amide bonds. The minimum atomic E-state index is 0.629. The molecule has 1 rings (SSSR count). The second-order valence-electron chi connectivity index (χ2n) is 3.82. The molecule has 1 nitrogen and oxygen atoms in total. The summed E-state index contributed by atoms with van der Waals surface area (Å²) in [5.74, 6) is 0.629. The molecule has 0 saturated heterocycles. The van der Waals surface area contributed by atoms with Crippen LogP contribution in [0.5, 0.6) is 0 Å². The molecule has 15 heavy (non-hydrogen) atoms. The summed E-state index contributed by atoms with van der Waals surface area (Å²) in [6.07, 6.45) is 5.78. The van der Waals surface area contributed by atoms with Gasteiger partial charge in [-0.15, -0.1) is 0 Å². The lowest BCUT2D eigenvalue weighted by Crippen LogP contribution is -1.92. The molecule has 0 spiro atoms. The third kappa shape index (κ3) is 3.59. The second kappa shape index (κ2) is 6.03. The van der Waals surface area contributed by atoms with Gasteiger partial charge >= 0.3 is 0 Å². The van der Waals surface area contributed by atoms with E-state index < -0.39 is 0 Å². The van der Waals surface area contributed by atoms with E-state index in [-0.39, 0.29) is 0 Å². The summed E-state index contributed by atoms with van der Waals surface area (Å²) in [5.41, 5.74) is 2.47. The minimum Gasteiger partial charge on any atom is -0.193 e. The number of hydrogen-bond donors (Lipinski definition) is 0. The molecule has 0 N–H and O–H groups in total. The fraction of sp³-hybridized carbons (Fsp3) is 0.357. The summed E-state index contributed by atoms with van der Waals surface area (Å²) >= 11 is 0. The number of nitriles is 1. The SMILES string of the molecule is CCCC(C)c1ccc(/C=C/C#N)cc1. The van der Waals surface area contributed by atoms with E-state index >= 15 is 0 Å². The van der Waals surface area contributed by atoms with Crippen LogP contribution < -0.4 is 0 Å². The van der Waals surface area contributed by atoms with Crippen LogP contribution in [0.2, 0.25) is 0 Å². The summed E-state index contributed by atoms with van der Waals surface area (Å²) in [6, 6.07) is 10.4. The van der Waals surface area contributed by atoms with E-state index in [0.29, 0.717) is 5.92 Å². The van der Waals surface area contributed by atoms with Gasteiger partial charge in [-0.3, -0.25) is 0 Å². The van der Waals surface area contributed by atoms with Crippen molar-refractivity contribution in [1.82, 2.24) is 0 Å². The van der Waals surface area contributed by atoms with Gasteiger partial charge in [0.25, 0.3) is 0 Å². The first kappa shape index (κ1) is 11.5. The first-order chi connectivity index (χ1) is 7.27. The fourth-order valence-electron chi connectivity index (χ4n) is 1.67. The summed E-state index contributed by atoms with van der Waals surface area (Å²) in [4.78, 5) is 0. The Bertz CT molecular complexity index is 354. The van der Waals surface area contributed by atoms with Crippen LogP contribution in [0.4, 0.5) is 0 Å². The van der Waals surface area contributed by atoms with Gasteiger partial charge in [0.1, 0.15) is 0 Å². The number of allylic oxidation sites excluding steroid dienone is 1. The third-order valence-electron chi connectivity index (χ3n) is 2.58. The van der Waals surface area contributed by atoms with Crippen LogP contribution in [0.25, 0.3) is 6.08 Å². The van der Waals surface area contributed by atoms with E-state index in [0.717, 1.165) is 5.56 Å². The van der Waals surface area contributed by atoms with E-state index in [2.05, 4.69) is 38.1 Å². The second-order valence-corrected chi connectivity index (χ2v) is 3.82. The third-order valence-corrected chi connectivity index (χ3v) is 2.58. The summed E-state index contributed by atoms with van der Waals surface area (Å²) < 4.78 is 0. The van der Waals surface area contributed by atoms with Gasteiger partial charge in [0.15, 0.2) is 0 Å². The quantitative estimate of drug-likeness (QED) is 0.669. The van der Waals surface area contributed by atoms with E-state index in [1.165, 1.54) is 24.5 Å². The number of nitrogens with zero attached hydrogens (tertiary/aromatic N) is 1. The average molecular weight is 199 g/mol. The Morgan fingerprint density at radius 1 is 1.33 bits per heavy atom. The van der Waals surface area contributed by atoms with Gasteiger partial charge in [-0.25, -0.2) is 0 Å². The van der Waals surface area contributed by atoms with Crippen LogP contribution in [0.3, 0.4) is 0 Å². The van der Waals surface area contributed by atoms with Gasteiger partial charge in [-0.1, -0.05) is 44.5 Å². The van der Waals surface area contributed by atoms with Crippen LogP contribution in [0, 0.1) is 11.3 Å². The molecule has 1 unspecified atom stereocenters. The average Bonchev–Trinajstić information content (AvgIpc) is 2.27. The predicted molar refractivity (Wildman–Crippen MR) is 64.4 cm³/mol. The van der Waals surface area contributed by atoms with Crippen LogP contribution in [-0.2, 0) is 0 Å². The molecule has 1 atom stereocenters. The standard InChI is InChI=1S/C14H17N/c1-3-5-12(2)14-9-7-13(8-10-14)6-4-11-15/h4,6-10,12H,3,5H2,1-2H3/b6-4+. The van der Waals surface area contributed by atoms with Crippen molar-refractivity contribution < 1.29 is 0 Å². The first-order valence-corrected chi connectivity index (χ1v) is 5.44. The monoisotopic (exact) mass is 199 g/mol. The van der Waals surface area contributed by atoms with Crippen LogP contribution in [0.1, 0.15) is 43.7 Å². The molecule has 0 radical (unpaired) electrons. The maximum absolute atomic E-state index is 8.40. The zero-order valence-corrected chi connectivity index (χ0v) is 9.40. The molecule has 0 fully saturated rings. The van der Waals surface area contributed by atoms with Gasteiger partial charge in [0, 0.05) is 6.08 Å². The Hall–Kier alpha value is -1.55. The normalized spacial score (nSPS) is 12.6. The van der Waals surface area contributed by atoms with Crippen LogP contribution in [0.15, 0.2) is 30.3 Å². The lowest BCUT2D eigenvalue weighted by atomic mass is 9.96. The lowest BCUT2D eigenvalue weighted by molar-refractivity contribution is 0.665. The molecule has 1 heteroatoms. The summed E-state index contributed by atoms with van der Waals surface area (Å²) in [7, 11) is 0. The lowest BCUT2D eigenvalue weighted by Gasteiger charge is -2.10. The number of rotatable bonds is 4. The van der Waals surface area contributed by atoms with Crippen molar-refractivity contribution in [2.45, 2.75) is 32.6 Å². The Balaban J connectivity index is 2.72. The van der Waals surface area contributed by atoms with Crippen molar-refractivity contribution >= 4 is 6.08 Å². The van der Waals surface area contributed by atoms with Crippen molar-refractivity contribution in [1.29, 1.82) is 5.26 Å². The van der Waals surface area contributed by atoms with Gasteiger partial charge < -0.3 is 0 Å². The smallest absolute Gasteiger partial charge is 0.0912 e. The van der Waals surface area contributed by atoms with Crippen molar-refractivity contribution in [3.8, 4) is 6.07 Å². The fourth-order valence-corrected chi connectivity index (χ4v) is 1.67. The predicted octanol–water partition coefficient (Wildman–Crippen LogP) is 4.13. The zero-order chi connectivity index (χ0) is 11.1. The number of hydrogen-bond acceptors (Lipinski definition) is 1. The molecule has 1 aromatic carbocycles. The topological polar surface area (TPSA) is 23.8 Å². The van der Waals surface area contributed by atoms with Crippen LogP contribution >= 0.6 is 0 Å².